The Balaban J connectivity index is 2.03. The van der Waals surface area contributed by atoms with Crippen molar-refractivity contribution in [2.45, 2.75) is 50.4 Å². The minimum atomic E-state index is -4.09. The van der Waals surface area contributed by atoms with Crippen LogP contribution < -0.4 is 5.32 Å². The summed E-state index contributed by atoms with van der Waals surface area (Å²) in [6, 6.07) is -1.12. The highest BCUT2D eigenvalue weighted by Gasteiger charge is 2.46. The topological polar surface area (TPSA) is 15.3 Å². The first kappa shape index (κ1) is 12.2. The maximum atomic E-state index is 12.9. The zero-order chi connectivity index (χ0) is 11.6. The maximum absolute atomic E-state index is 12.9. The minimum Gasteiger partial charge on any atom is -0.314 e. The third-order valence-electron chi connectivity index (χ3n) is 3.71. The largest absolute Gasteiger partial charge is 0.405 e. The zero-order valence-electron chi connectivity index (χ0n) is 9.39. The van der Waals surface area contributed by atoms with Gasteiger partial charge >= 0.3 is 6.18 Å². The minimum absolute atomic E-state index is 0.0556. The quantitative estimate of drug-likeness (QED) is 0.750. The van der Waals surface area contributed by atoms with Crippen molar-refractivity contribution in [3.63, 3.8) is 0 Å². The molecule has 0 aromatic rings. The van der Waals surface area contributed by atoms with Crippen LogP contribution in [0.15, 0.2) is 0 Å². The molecule has 2 aliphatic rings. The van der Waals surface area contributed by atoms with E-state index in [4.69, 9.17) is 0 Å². The van der Waals surface area contributed by atoms with E-state index < -0.39 is 12.2 Å². The molecule has 94 valence electrons. The summed E-state index contributed by atoms with van der Waals surface area (Å²) < 4.78 is 38.6. The van der Waals surface area contributed by atoms with Gasteiger partial charge in [-0.1, -0.05) is 19.3 Å². The first-order chi connectivity index (χ1) is 7.59. The highest BCUT2D eigenvalue weighted by molar-refractivity contribution is 4.90. The van der Waals surface area contributed by atoms with Crippen LogP contribution in [0.1, 0.15) is 32.1 Å². The van der Waals surface area contributed by atoms with Crippen molar-refractivity contribution in [2.75, 3.05) is 19.6 Å². The summed E-state index contributed by atoms with van der Waals surface area (Å²) in [5.74, 6) is 0. The van der Waals surface area contributed by atoms with E-state index in [1.165, 1.54) is 6.42 Å². The molecule has 2 rings (SSSR count). The lowest BCUT2D eigenvalue weighted by Gasteiger charge is -2.43. The molecule has 5 heteroatoms. The molecule has 16 heavy (non-hydrogen) atoms. The van der Waals surface area contributed by atoms with Gasteiger partial charge in [0.1, 0.15) is 6.04 Å². The highest BCUT2D eigenvalue weighted by atomic mass is 19.4. The number of hydrogen-bond donors (Lipinski definition) is 1. The van der Waals surface area contributed by atoms with Gasteiger partial charge in [-0.2, -0.15) is 13.2 Å². The van der Waals surface area contributed by atoms with Gasteiger partial charge in [-0.3, -0.25) is 4.90 Å². The maximum Gasteiger partial charge on any atom is 0.405 e. The van der Waals surface area contributed by atoms with E-state index >= 15 is 0 Å². The lowest BCUT2D eigenvalue weighted by Crippen LogP contribution is -2.61. The number of alkyl halides is 3. The average Bonchev–Trinajstić information content (AvgIpc) is 2.29. The van der Waals surface area contributed by atoms with Crippen molar-refractivity contribution < 1.29 is 13.2 Å². The van der Waals surface area contributed by atoms with Crippen LogP contribution >= 0.6 is 0 Å². The molecule has 2 nitrogen and oxygen atoms in total. The van der Waals surface area contributed by atoms with Crippen LogP contribution in [-0.4, -0.2) is 42.8 Å². The molecular formula is C11H19F3N2. The number of rotatable bonds is 1. The van der Waals surface area contributed by atoms with Crippen LogP contribution in [0.3, 0.4) is 0 Å². The lowest BCUT2D eigenvalue weighted by molar-refractivity contribution is -0.194. The first-order valence-electron chi connectivity index (χ1n) is 6.12. The van der Waals surface area contributed by atoms with Crippen LogP contribution in [0.25, 0.3) is 0 Å². The Bertz CT molecular complexity index is 224. The molecule has 0 amide bonds. The number of nitrogens with zero attached hydrogens (tertiary/aromatic N) is 1. The summed E-state index contributed by atoms with van der Waals surface area (Å²) in [4.78, 5) is 1.69. The van der Waals surface area contributed by atoms with E-state index in [1.807, 2.05) is 0 Å². The monoisotopic (exact) mass is 236 g/mol. The van der Waals surface area contributed by atoms with Crippen LogP contribution in [0.4, 0.5) is 13.2 Å². The van der Waals surface area contributed by atoms with E-state index in [0.717, 1.165) is 25.7 Å². The molecular weight excluding hydrogens is 217 g/mol. The molecule has 1 saturated heterocycles. The predicted octanol–water partition coefficient (Wildman–Crippen LogP) is 2.16. The van der Waals surface area contributed by atoms with Crippen LogP contribution in [0.5, 0.6) is 0 Å². The molecule has 1 saturated carbocycles. The molecule has 2 fully saturated rings. The molecule has 1 aliphatic heterocycles. The van der Waals surface area contributed by atoms with Gasteiger partial charge in [0.25, 0.3) is 0 Å². The van der Waals surface area contributed by atoms with Gasteiger partial charge in [-0.25, -0.2) is 0 Å². The normalized spacial score (nSPS) is 30.6. The molecule has 0 radical (unpaired) electrons. The van der Waals surface area contributed by atoms with E-state index in [-0.39, 0.29) is 12.6 Å². The van der Waals surface area contributed by atoms with Crippen molar-refractivity contribution in [1.29, 1.82) is 0 Å². The van der Waals surface area contributed by atoms with E-state index in [0.29, 0.717) is 13.1 Å². The summed E-state index contributed by atoms with van der Waals surface area (Å²) in [7, 11) is 0. The van der Waals surface area contributed by atoms with E-state index in [1.54, 1.807) is 4.90 Å². The summed E-state index contributed by atoms with van der Waals surface area (Å²) in [6.45, 7) is 1.28. The molecule has 0 spiro atoms. The van der Waals surface area contributed by atoms with E-state index in [9.17, 15) is 13.2 Å². The van der Waals surface area contributed by atoms with Crippen LogP contribution in [-0.2, 0) is 0 Å². The Hall–Kier alpha value is -0.290. The number of halogens is 3. The molecule has 1 atom stereocenters. The Labute approximate surface area is 94.2 Å². The van der Waals surface area contributed by atoms with Gasteiger partial charge in [0, 0.05) is 25.7 Å². The first-order valence-corrected chi connectivity index (χ1v) is 6.12. The molecule has 0 bridgehead atoms. The van der Waals surface area contributed by atoms with Gasteiger partial charge < -0.3 is 5.32 Å². The summed E-state index contributed by atoms with van der Waals surface area (Å²) >= 11 is 0. The van der Waals surface area contributed by atoms with Crippen LogP contribution in [0, 0.1) is 0 Å². The molecule has 0 aromatic carbocycles. The Morgan fingerprint density at radius 1 is 1.06 bits per heavy atom. The standard InChI is InChI=1S/C11H19F3N2/c12-11(13,14)10-8-15-6-7-16(10)9-4-2-1-3-5-9/h9-10,15H,1-8H2. The van der Waals surface area contributed by atoms with Crippen molar-refractivity contribution in [2.24, 2.45) is 0 Å². The third kappa shape index (κ3) is 2.69. The highest BCUT2D eigenvalue weighted by Crippen LogP contribution is 2.31. The Morgan fingerprint density at radius 3 is 2.38 bits per heavy atom. The SMILES string of the molecule is FC(F)(F)C1CNCCN1C1CCCCC1. The summed E-state index contributed by atoms with van der Waals surface area (Å²) in [6.07, 6.45) is 1.13. The molecule has 1 heterocycles. The van der Waals surface area contributed by atoms with Crippen molar-refractivity contribution in [3.05, 3.63) is 0 Å². The smallest absolute Gasteiger partial charge is 0.314 e. The van der Waals surface area contributed by atoms with Crippen molar-refractivity contribution in [3.8, 4) is 0 Å². The third-order valence-corrected chi connectivity index (χ3v) is 3.71. The molecule has 1 N–H and O–H groups in total. The van der Waals surface area contributed by atoms with Crippen molar-refractivity contribution >= 4 is 0 Å². The summed E-state index contributed by atoms with van der Waals surface area (Å²) in [5.41, 5.74) is 0. The second kappa shape index (κ2) is 4.92. The second-order valence-corrected chi connectivity index (χ2v) is 4.79. The van der Waals surface area contributed by atoms with Crippen molar-refractivity contribution in [1.82, 2.24) is 10.2 Å². The Morgan fingerprint density at radius 2 is 1.75 bits per heavy atom. The fourth-order valence-corrected chi connectivity index (χ4v) is 2.87. The van der Waals surface area contributed by atoms with E-state index in [2.05, 4.69) is 5.32 Å². The van der Waals surface area contributed by atoms with Gasteiger partial charge in [0.15, 0.2) is 0 Å². The fourth-order valence-electron chi connectivity index (χ4n) is 2.87. The van der Waals surface area contributed by atoms with Gasteiger partial charge in [-0.15, -0.1) is 0 Å². The van der Waals surface area contributed by atoms with Gasteiger partial charge in [-0.05, 0) is 12.8 Å². The predicted molar refractivity (Wildman–Crippen MR) is 56.3 cm³/mol. The number of piperazine rings is 1. The number of nitrogens with one attached hydrogen (secondary N) is 1. The molecule has 1 aliphatic carbocycles. The Kier molecular flexibility index (Phi) is 3.74. The fraction of sp³-hybridized carbons (Fsp3) is 1.00. The zero-order valence-corrected chi connectivity index (χ0v) is 9.39. The van der Waals surface area contributed by atoms with Crippen LogP contribution in [0.2, 0.25) is 0 Å². The molecule has 1 unspecified atom stereocenters. The number of hydrogen-bond acceptors (Lipinski definition) is 2. The second-order valence-electron chi connectivity index (χ2n) is 4.79. The lowest BCUT2D eigenvalue weighted by atomic mass is 9.92. The molecule has 0 aromatic heterocycles. The average molecular weight is 236 g/mol. The van der Waals surface area contributed by atoms with Gasteiger partial charge in [0.2, 0.25) is 0 Å². The summed E-state index contributed by atoms with van der Waals surface area (Å²) in [5, 5.41) is 2.85. The van der Waals surface area contributed by atoms with Gasteiger partial charge in [0.05, 0.1) is 0 Å².